The summed E-state index contributed by atoms with van der Waals surface area (Å²) in [6.07, 6.45) is 6.77. The molecule has 3 rings (SSSR count). The second kappa shape index (κ2) is 11.0. The molecule has 0 aromatic carbocycles. The van der Waals surface area contributed by atoms with Gasteiger partial charge in [-0.15, -0.1) is 0 Å². The molecule has 0 aliphatic carbocycles. The van der Waals surface area contributed by atoms with Crippen LogP contribution in [0.15, 0.2) is 0 Å². The molecule has 178 valence electrons. The minimum atomic E-state index is -0.433. The van der Waals surface area contributed by atoms with Crippen LogP contribution in [-0.2, 0) is 9.53 Å². The Hall–Kier alpha value is -1.34. The van der Waals surface area contributed by atoms with E-state index < -0.39 is 5.60 Å². The fourth-order valence-electron chi connectivity index (χ4n) is 5.08. The molecule has 0 aromatic rings. The van der Waals surface area contributed by atoms with Crippen molar-refractivity contribution in [3.8, 4) is 0 Å². The van der Waals surface area contributed by atoms with Crippen molar-refractivity contribution < 1.29 is 14.3 Å². The zero-order chi connectivity index (χ0) is 22.4. The van der Waals surface area contributed by atoms with Crippen LogP contribution < -0.4 is 0 Å². The van der Waals surface area contributed by atoms with Crippen LogP contribution in [0.25, 0.3) is 0 Å². The average molecular weight is 437 g/mol. The van der Waals surface area contributed by atoms with Gasteiger partial charge in [-0.25, -0.2) is 4.79 Å². The molecule has 0 saturated carbocycles. The number of ether oxygens (including phenoxy) is 1. The largest absolute Gasteiger partial charge is 0.444 e. The second-order valence-corrected chi connectivity index (χ2v) is 10.8. The third kappa shape index (κ3) is 7.63. The molecule has 0 unspecified atom stereocenters. The summed E-state index contributed by atoms with van der Waals surface area (Å²) in [7, 11) is 0. The third-order valence-corrected chi connectivity index (χ3v) is 6.97. The molecule has 0 radical (unpaired) electrons. The average Bonchev–Trinajstić information content (AvgIpc) is 2.72. The molecule has 2 amide bonds. The summed E-state index contributed by atoms with van der Waals surface area (Å²) < 4.78 is 5.55. The van der Waals surface area contributed by atoms with Gasteiger partial charge in [-0.1, -0.05) is 0 Å². The number of nitrogens with zero attached hydrogens (tertiary/aromatic N) is 4. The van der Waals surface area contributed by atoms with Gasteiger partial charge in [-0.05, 0) is 78.7 Å². The number of rotatable bonds is 5. The first-order chi connectivity index (χ1) is 14.7. The number of piperidine rings is 2. The molecule has 3 fully saturated rings. The van der Waals surface area contributed by atoms with Crippen LogP contribution in [-0.4, -0.2) is 102 Å². The van der Waals surface area contributed by atoms with Crippen LogP contribution in [0.3, 0.4) is 0 Å². The first-order valence-corrected chi connectivity index (χ1v) is 12.4. The number of amides is 2. The van der Waals surface area contributed by atoms with Crippen LogP contribution in [0, 0.1) is 5.92 Å². The van der Waals surface area contributed by atoms with E-state index in [1.807, 2.05) is 25.7 Å². The fourth-order valence-corrected chi connectivity index (χ4v) is 5.08. The van der Waals surface area contributed by atoms with Crippen LogP contribution in [0.1, 0.15) is 66.2 Å². The molecule has 0 N–H and O–H groups in total. The number of hydrogen-bond acceptors (Lipinski definition) is 5. The quantitative estimate of drug-likeness (QED) is 0.663. The monoisotopic (exact) mass is 436 g/mol. The van der Waals surface area contributed by atoms with Gasteiger partial charge in [0.2, 0.25) is 5.91 Å². The summed E-state index contributed by atoms with van der Waals surface area (Å²) in [5.74, 6) is 0.867. The maximum atomic E-state index is 12.7. The van der Waals surface area contributed by atoms with E-state index in [0.29, 0.717) is 24.4 Å². The van der Waals surface area contributed by atoms with E-state index in [1.165, 1.54) is 12.8 Å². The maximum Gasteiger partial charge on any atom is 0.410 e. The molecule has 3 saturated heterocycles. The standard InChI is InChI=1S/C24H44N4O3/c1-20-8-5-6-12-28(20)22(29)19-26-16-14-25(15-17-26)13-10-21-9-7-11-27(18-21)23(30)31-24(2,3)4/h20-21H,5-19H2,1-4H3/t20-,21+/m0/s1. The molecule has 3 aliphatic rings. The summed E-state index contributed by atoms with van der Waals surface area (Å²) in [5, 5.41) is 0. The maximum absolute atomic E-state index is 12.7. The Kier molecular flexibility index (Phi) is 8.62. The van der Waals surface area contributed by atoms with E-state index in [-0.39, 0.29) is 6.09 Å². The summed E-state index contributed by atoms with van der Waals surface area (Å²) >= 11 is 0. The highest BCUT2D eigenvalue weighted by Gasteiger charge is 2.29. The first-order valence-electron chi connectivity index (χ1n) is 12.4. The van der Waals surface area contributed by atoms with E-state index in [2.05, 4.69) is 21.6 Å². The van der Waals surface area contributed by atoms with Gasteiger partial charge in [0, 0.05) is 51.9 Å². The minimum Gasteiger partial charge on any atom is -0.444 e. The summed E-state index contributed by atoms with van der Waals surface area (Å²) in [4.78, 5) is 33.9. The lowest BCUT2D eigenvalue weighted by Crippen LogP contribution is -2.52. The Bertz CT molecular complexity index is 598. The third-order valence-electron chi connectivity index (χ3n) is 6.97. The van der Waals surface area contributed by atoms with Crippen LogP contribution in [0.2, 0.25) is 0 Å². The Morgan fingerprint density at radius 2 is 1.61 bits per heavy atom. The van der Waals surface area contributed by atoms with Crippen molar-refractivity contribution in [2.45, 2.75) is 77.9 Å². The highest BCUT2D eigenvalue weighted by molar-refractivity contribution is 5.78. The molecule has 31 heavy (non-hydrogen) atoms. The highest BCUT2D eigenvalue weighted by atomic mass is 16.6. The molecular formula is C24H44N4O3. The SMILES string of the molecule is C[C@H]1CCCCN1C(=O)CN1CCN(CC[C@H]2CCCN(C(=O)OC(C)(C)C)C2)CC1. The molecule has 0 aromatic heterocycles. The second-order valence-electron chi connectivity index (χ2n) is 10.8. The van der Waals surface area contributed by atoms with Gasteiger partial charge in [0.1, 0.15) is 5.60 Å². The number of carbonyl (C=O) groups is 2. The van der Waals surface area contributed by atoms with Crippen molar-refractivity contribution in [3.05, 3.63) is 0 Å². The molecule has 3 aliphatic heterocycles. The first kappa shape index (κ1) is 24.3. The minimum absolute atomic E-state index is 0.168. The van der Waals surface area contributed by atoms with Crippen LogP contribution in [0.5, 0.6) is 0 Å². The fraction of sp³-hybridized carbons (Fsp3) is 0.917. The lowest BCUT2D eigenvalue weighted by molar-refractivity contribution is -0.136. The van der Waals surface area contributed by atoms with Gasteiger partial charge >= 0.3 is 6.09 Å². The van der Waals surface area contributed by atoms with Crippen molar-refractivity contribution in [1.82, 2.24) is 19.6 Å². The Labute approximate surface area is 189 Å². The van der Waals surface area contributed by atoms with Crippen molar-refractivity contribution >= 4 is 12.0 Å². The molecule has 0 spiro atoms. The van der Waals surface area contributed by atoms with E-state index in [9.17, 15) is 9.59 Å². The predicted octanol–water partition coefficient (Wildman–Crippen LogP) is 3.04. The van der Waals surface area contributed by atoms with E-state index in [1.54, 1.807) is 0 Å². The molecule has 3 heterocycles. The van der Waals surface area contributed by atoms with Gasteiger partial charge < -0.3 is 19.4 Å². The molecule has 0 bridgehead atoms. The number of likely N-dealkylation sites (tertiary alicyclic amines) is 2. The zero-order valence-electron chi connectivity index (χ0n) is 20.3. The van der Waals surface area contributed by atoms with Crippen LogP contribution in [0.4, 0.5) is 4.79 Å². The topological polar surface area (TPSA) is 56.3 Å². The Morgan fingerprint density at radius 1 is 0.903 bits per heavy atom. The Morgan fingerprint density at radius 3 is 2.29 bits per heavy atom. The molecule has 2 atom stereocenters. The smallest absolute Gasteiger partial charge is 0.410 e. The van der Waals surface area contributed by atoms with E-state index in [0.717, 1.165) is 78.0 Å². The lowest BCUT2D eigenvalue weighted by atomic mass is 9.94. The summed E-state index contributed by atoms with van der Waals surface area (Å²) in [6.45, 7) is 16.2. The van der Waals surface area contributed by atoms with Crippen molar-refractivity contribution in [1.29, 1.82) is 0 Å². The molecular weight excluding hydrogens is 392 g/mol. The van der Waals surface area contributed by atoms with Gasteiger partial charge in [-0.2, -0.15) is 0 Å². The van der Waals surface area contributed by atoms with Gasteiger partial charge in [-0.3, -0.25) is 9.69 Å². The van der Waals surface area contributed by atoms with Gasteiger partial charge in [0.15, 0.2) is 0 Å². The predicted molar refractivity (Wildman–Crippen MR) is 123 cm³/mol. The van der Waals surface area contributed by atoms with Crippen molar-refractivity contribution in [2.75, 3.05) is 58.9 Å². The lowest BCUT2D eigenvalue weighted by Gasteiger charge is -2.39. The van der Waals surface area contributed by atoms with Crippen LogP contribution >= 0.6 is 0 Å². The van der Waals surface area contributed by atoms with E-state index in [4.69, 9.17) is 4.74 Å². The van der Waals surface area contributed by atoms with Gasteiger partial charge in [0.25, 0.3) is 0 Å². The number of hydrogen-bond donors (Lipinski definition) is 0. The van der Waals surface area contributed by atoms with Gasteiger partial charge in [0.05, 0.1) is 6.54 Å². The van der Waals surface area contributed by atoms with Crippen molar-refractivity contribution in [3.63, 3.8) is 0 Å². The Balaban J connectivity index is 1.34. The molecule has 7 nitrogen and oxygen atoms in total. The zero-order valence-corrected chi connectivity index (χ0v) is 20.3. The normalized spacial score (nSPS) is 26.7. The number of piperazine rings is 1. The summed E-state index contributed by atoms with van der Waals surface area (Å²) in [6, 6.07) is 0.401. The van der Waals surface area contributed by atoms with Crippen molar-refractivity contribution in [2.24, 2.45) is 5.92 Å². The molecule has 7 heteroatoms. The summed E-state index contributed by atoms with van der Waals surface area (Å²) in [5.41, 5.74) is -0.433. The number of carbonyl (C=O) groups excluding carboxylic acids is 2. The highest BCUT2D eigenvalue weighted by Crippen LogP contribution is 2.22. The van der Waals surface area contributed by atoms with E-state index >= 15 is 0 Å².